The third-order valence-electron chi connectivity index (χ3n) is 15.7. The van der Waals surface area contributed by atoms with E-state index >= 15 is 0 Å². The smallest absolute Gasteiger partial charge is 0.462 e. The number of phosphoric acid groups is 2. The number of rotatable bonds is 67. The van der Waals surface area contributed by atoms with Crippen LogP contribution in [0.2, 0.25) is 0 Å². The predicted molar refractivity (Wildman–Crippen MR) is 349 cm³/mol. The summed E-state index contributed by atoms with van der Waals surface area (Å²) in [6, 6.07) is 0. The number of aliphatic hydroxyl groups is 1. The van der Waals surface area contributed by atoms with Gasteiger partial charge >= 0.3 is 39.5 Å². The van der Waals surface area contributed by atoms with Crippen molar-refractivity contribution >= 4 is 39.5 Å². The van der Waals surface area contributed by atoms with E-state index in [0.717, 1.165) is 108 Å². The van der Waals surface area contributed by atoms with Gasteiger partial charge in [0.1, 0.15) is 19.3 Å². The van der Waals surface area contributed by atoms with Crippen LogP contribution in [0.1, 0.15) is 343 Å². The van der Waals surface area contributed by atoms with Crippen LogP contribution in [-0.2, 0) is 65.4 Å². The van der Waals surface area contributed by atoms with Crippen molar-refractivity contribution < 1.29 is 80.2 Å². The molecule has 0 heterocycles. The summed E-state index contributed by atoms with van der Waals surface area (Å²) in [4.78, 5) is 72.3. The number of unbranched alkanes of at least 4 members (excludes halogenated alkanes) is 37. The second-order valence-corrected chi connectivity index (χ2v) is 28.4. The average molecular weight is 1280 g/mol. The Kier molecular flexibility index (Phi) is 59.0. The number of ether oxygens (including phenoxy) is 4. The zero-order chi connectivity index (χ0) is 64.3. The van der Waals surface area contributed by atoms with Crippen molar-refractivity contribution in [3.05, 3.63) is 0 Å². The molecule has 19 heteroatoms. The minimum Gasteiger partial charge on any atom is -0.462 e. The Bertz CT molecular complexity index is 1700. The van der Waals surface area contributed by atoms with Crippen molar-refractivity contribution in [2.24, 2.45) is 11.8 Å². The number of carbonyl (C=O) groups excluding carboxylic acids is 4. The number of esters is 4. The number of hydrogen-bond acceptors (Lipinski definition) is 15. The Morgan fingerprint density at radius 2 is 0.529 bits per heavy atom. The fourth-order valence-corrected chi connectivity index (χ4v) is 11.8. The summed E-state index contributed by atoms with van der Waals surface area (Å²) in [5.74, 6) is -0.601. The molecular formula is C68H132O17P2. The summed E-state index contributed by atoms with van der Waals surface area (Å²) in [5.41, 5.74) is 0. The van der Waals surface area contributed by atoms with Crippen LogP contribution < -0.4 is 0 Å². The van der Waals surface area contributed by atoms with E-state index in [9.17, 15) is 43.2 Å². The quantitative estimate of drug-likeness (QED) is 0.0222. The first-order valence-electron chi connectivity index (χ1n) is 35.5. The van der Waals surface area contributed by atoms with Crippen LogP contribution in [0.4, 0.5) is 0 Å². The Hall–Kier alpha value is -1.94. The van der Waals surface area contributed by atoms with Crippen LogP contribution in [-0.4, -0.2) is 96.7 Å². The van der Waals surface area contributed by atoms with Crippen molar-refractivity contribution in [3.8, 4) is 0 Å². The first-order valence-corrected chi connectivity index (χ1v) is 38.5. The van der Waals surface area contributed by atoms with Crippen LogP contribution in [0.25, 0.3) is 0 Å². The highest BCUT2D eigenvalue weighted by atomic mass is 31.2. The van der Waals surface area contributed by atoms with Crippen LogP contribution in [0, 0.1) is 11.8 Å². The standard InChI is InChI=1S/C68H132O17P2/c1-7-9-11-13-15-17-26-34-40-46-52-67(72)84-63(56-78-65(70)50-44-38-32-16-14-12-10-8-2)58-82-86(74,75)80-54-62(69)55-81-87(76,77)83-59-64(57-79-66(71)51-45-39-33-29-28-31-37-43-49-61(5)6)85-68(73)53-47-41-35-27-24-22-20-18-19-21-23-25-30-36-42-48-60(3)4/h60-64,69H,7-59H2,1-6H3,(H,74,75)(H,76,77)/t62-,63+,64+/m0/s1. The molecule has 87 heavy (non-hydrogen) atoms. The maximum absolute atomic E-state index is 13.0. The molecule has 0 amide bonds. The van der Waals surface area contributed by atoms with E-state index in [1.165, 1.54) is 154 Å². The van der Waals surface area contributed by atoms with Gasteiger partial charge < -0.3 is 33.8 Å². The zero-order valence-electron chi connectivity index (χ0n) is 56.3. The molecule has 0 rings (SSSR count). The molecule has 0 spiro atoms. The number of hydrogen-bond donors (Lipinski definition) is 3. The van der Waals surface area contributed by atoms with Crippen LogP contribution in [0.15, 0.2) is 0 Å². The maximum atomic E-state index is 13.0. The van der Waals surface area contributed by atoms with Crippen molar-refractivity contribution in [2.45, 2.75) is 362 Å². The van der Waals surface area contributed by atoms with E-state index < -0.39 is 97.5 Å². The van der Waals surface area contributed by atoms with Crippen LogP contribution in [0.5, 0.6) is 0 Å². The van der Waals surface area contributed by atoms with Crippen LogP contribution >= 0.6 is 15.6 Å². The van der Waals surface area contributed by atoms with Gasteiger partial charge in [0, 0.05) is 25.7 Å². The first kappa shape index (κ1) is 85.1. The van der Waals surface area contributed by atoms with E-state index in [4.69, 9.17) is 37.0 Å². The van der Waals surface area contributed by atoms with Gasteiger partial charge in [0.05, 0.1) is 26.4 Å². The molecule has 3 N–H and O–H groups in total. The van der Waals surface area contributed by atoms with E-state index in [-0.39, 0.29) is 25.7 Å². The van der Waals surface area contributed by atoms with E-state index in [2.05, 4.69) is 41.5 Å². The summed E-state index contributed by atoms with van der Waals surface area (Å²) < 4.78 is 68.1. The Labute approximate surface area is 530 Å². The highest BCUT2D eigenvalue weighted by Gasteiger charge is 2.30. The highest BCUT2D eigenvalue weighted by Crippen LogP contribution is 2.45. The number of phosphoric ester groups is 2. The summed E-state index contributed by atoms with van der Waals surface area (Å²) >= 11 is 0. The zero-order valence-corrected chi connectivity index (χ0v) is 58.1. The number of carbonyl (C=O) groups is 4. The van der Waals surface area contributed by atoms with Gasteiger partial charge in [-0.05, 0) is 37.5 Å². The van der Waals surface area contributed by atoms with Gasteiger partial charge in [-0.1, -0.05) is 292 Å². The highest BCUT2D eigenvalue weighted by molar-refractivity contribution is 7.47. The lowest BCUT2D eigenvalue weighted by Crippen LogP contribution is -2.30. The van der Waals surface area contributed by atoms with Gasteiger partial charge in [-0.2, -0.15) is 0 Å². The Morgan fingerprint density at radius 3 is 0.782 bits per heavy atom. The minimum atomic E-state index is -4.95. The monoisotopic (exact) mass is 1280 g/mol. The molecule has 0 aliphatic carbocycles. The lowest BCUT2D eigenvalue weighted by atomic mass is 10.0. The largest absolute Gasteiger partial charge is 0.472 e. The summed E-state index contributed by atoms with van der Waals surface area (Å²) in [7, 11) is -9.89. The van der Waals surface area contributed by atoms with Gasteiger partial charge in [0.25, 0.3) is 0 Å². The fraction of sp³-hybridized carbons (Fsp3) is 0.941. The number of aliphatic hydroxyl groups excluding tert-OH is 1. The second-order valence-electron chi connectivity index (χ2n) is 25.5. The Balaban J connectivity index is 5.19. The second kappa shape index (κ2) is 60.3. The lowest BCUT2D eigenvalue weighted by Gasteiger charge is -2.21. The molecule has 5 atom stereocenters. The SMILES string of the molecule is CCCCCCCCCCCCC(=O)O[C@H](COC(=O)CCCCCCCCCC)COP(=O)(O)OC[C@H](O)COP(=O)(O)OC[C@@H](COC(=O)CCCCCCCCCCC(C)C)OC(=O)CCCCCCCCCCCCCCCCCC(C)C. The molecular weight excluding hydrogens is 1150 g/mol. The van der Waals surface area contributed by atoms with Crippen molar-refractivity contribution in [1.29, 1.82) is 0 Å². The molecule has 0 radical (unpaired) electrons. The third kappa shape index (κ3) is 62.6. The van der Waals surface area contributed by atoms with E-state index in [1.807, 2.05) is 0 Å². The molecule has 0 aromatic carbocycles. The third-order valence-corrected chi connectivity index (χ3v) is 17.6. The average Bonchev–Trinajstić information content (AvgIpc) is 3.67. The first-order chi connectivity index (χ1) is 41.9. The summed E-state index contributed by atoms with van der Waals surface area (Å²) in [6.45, 7) is 9.49. The maximum Gasteiger partial charge on any atom is 0.472 e. The molecule has 0 aromatic rings. The Morgan fingerprint density at radius 1 is 0.310 bits per heavy atom. The normalized spacial score (nSPS) is 14.2. The molecule has 0 saturated carbocycles. The van der Waals surface area contributed by atoms with Crippen molar-refractivity contribution in [2.75, 3.05) is 39.6 Å². The summed E-state index contributed by atoms with van der Waals surface area (Å²) in [6.07, 6.45) is 44.5. The topological polar surface area (TPSA) is 237 Å². The molecule has 0 aromatic heterocycles. The predicted octanol–water partition coefficient (Wildman–Crippen LogP) is 19.2. The van der Waals surface area contributed by atoms with Crippen LogP contribution in [0.3, 0.4) is 0 Å². The molecule has 0 bridgehead atoms. The van der Waals surface area contributed by atoms with Gasteiger partial charge in [-0.3, -0.25) is 37.3 Å². The molecule has 0 aliphatic rings. The van der Waals surface area contributed by atoms with Gasteiger partial charge in [-0.15, -0.1) is 0 Å². The van der Waals surface area contributed by atoms with Gasteiger partial charge in [0.2, 0.25) is 0 Å². The molecule has 516 valence electrons. The van der Waals surface area contributed by atoms with Crippen molar-refractivity contribution in [3.63, 3.8) is 0 Å². The molecule has 17 nitrogen and oxygen atoms in total. The minimum absolute atomic E-state index is 0.106. The van der Waals surface area contributed by atoms with Gasteiger partial charge in [0.15, 0.2) is 12.2 Å². The molecule has 0 fully saturated rings. The summed E-state index contributed by atoms with van der Waals surface area (Å²) in [5, 5.41) is 10.6. The molecule has 2 unspecified atom stereocenters. The van der Waals surface area contributed by atoms with Crippen molar-refractivity contribution in [1.82, 2.24) is 0 Å². The lowest BCUT2D eigenvalue weighted by molar-refractivity contribution is -0.161. The van der Waals surface area contributed by atoms with Gasteiger partial charge in [-0.25, -0.2) is 9.13 Å². The fourth-order valence-electron chi connectivity index (χ4n) is 10.2. The van der Waals surface area contributed by atoms with E-state index in [0.29, 0.717) is 25.7 Å². The van der Waals surface area contributed by atoms with E-state index in [1.54, 1.807) is 0 Å². The molecule has 0 saturated heterocycles. The molecule has 0 aliphatic heterocycles.